The standard InChI is InChI=1S/C20H20N8O4/c1-9(29)20-6-10(20)14(15(30)16(20)31)27-8-22-13-17(21-2)23-19(24-18(13)27)28-7-11(25-26-28)12-4-3-5-32-12/h3-5,7-8,10,14-16,30-31H,6H2,1-2H3,(H,21,23,24)/t10?,14-,15?,16?,20+/m1/s1. The van der Waals surface area contributed by atoms with Gasteiger partial charge in [-0.25, -0.2) is 4.98 Å². The number of nitrogens with zero attached hydrogens (tertiary/aromatic N) is 7. The van der Waals surface area contributed by atoms with Gasteiger partial charge in [0.05, 0.1) is 36.3 Å². The predicted octanol–water partition coefficient (Wildman–Crippen LogP) is 0.580. The Labute approximate surface area is 180 Å². The maximum Gasteiger partial charge on any atom is 0.256 e. The van der Waals surface area contributed by atoms with Crippen molar-refractivity contribution < 1.29 is 19.4 Å². The summed E-state index contributed by atoms with van der Waals surface area (Å²) in [7, 11) is 1.72. The lowest BCUT2D eigenvalue weighted by Crippen LogP contribution is -2.36. The molecule has 0 radical (unpaired) electrons. The minimum atomic E-state index is -1.12. The predicted molar refractivity (Wildman–Crippen MR) is 110 cm³/mol. The average Bonchev–Trinajstić information content (AvgIpc) is 3.26. The molecule has 2 saturated carbocycles. The number of ketones is 1. The first-order chi connectivity index (χ1) is 15.5. The van der Waals surface area contributed by atoms with Crippen LogP contribution in [0.2, 0.25) is 0 Å². The van der Waals surface area contributed by atoms with Gasteiger partial charge in [0.15, 0.2) is 22.7 Å². The van der Waals surface area contributed by atoms with Gasteiger partial charge in [-0.3, -0.25) is 4.79 Å². The van der Waals surface area contributed by atoms with Crippen molar-refractivity contribution in [2.75, 3.05) is 12.4 Å². The van der Waals surface area contributed by atoms with Crippen LogP contribution in [-0.2, 0) is 4.79 Å². The molecule has 3 unspecified atom stereocenters. The Morgan fingerprint density at radius 3 is 2.88 bits per heavy atom. The van der Waals surface area contributed by atoms with Gasteiger partial charge in [0.25, 0.3) is 5.95 Å². The van der Waals surface area contributed by atoms with Crippen molar-refractivity contribution in [2.24, 2.45) is 11.3 Å². The number of aliphatic hydroxyl groups is 2. The van der Waals surface area contributed by atoms with Gasteiger partial charge in [-0.1, -0.05) is 5.21 Å². The van der Waals surface area contributed by atoms with Crippen LogP contribution in [0.15, 0.2) is 35.3 Å². The second-order valence-corrected chi connectivity index (χ2v) is 8.31. The Kier molecular flexibility index (Phi) is 3.84. The van der Waals surface area contributed by atoms with Crippen LogP contribution in [0.3, 0.4) is 0 Å². The van der Waals surface area contributed by atoms with Gasteiger partial charge in [0.2, 0.25) is 0 Å². The van der Waals surface area contributed by atoms with E-state index < -0.39 is 23.7 Å². The monoisotopic (exact) mass is 436 g/mol. The summed E-state index contributed by atoms with van der Waals surface area (Å²) in [6.45, 7) is 1.46. The van der Waals surface area contributed by atoms with Gasteiger partial charge < -0.3 is 24.5 Å². The number of imidazole rings is 1. The molecule has 2 aliphatic carbocycles. The topological polar surface area (TPSA) is 157 Å². The van der Waals surface area contributed by atoms with Crippen LogP contribution < -0.4 is 5.32 Å². The van der Waals surface area contributed by atoms with Crippen LogP contribution in [0, 0.1) is 11.3 Å². The highest BCUT2D eigenvalue weighted by Crippen LogP contribution is 2.68. The van der Waals surface area contributed by atoms with Gasteiger partial charge >= 0.3 is 0 Å². The third-order valence-corrected chi connectivity index (χ3v) is 6.77. The van der Waals surface area contributed by atoms with E-state index in [4.69, 9.17) is 4.42 Å². The molecule has 12 heteroatoms. The molecule has 4 aromatic rings. The number of Topliss-reactive ketones (excluding diaryl/α,β-unsaturated/α-hetero) is 1. The smallest absolute Gasteiger partial charge is 0.256 e. The molecule has 4 heterocycles. The number of carbonyl (C=O) groups is 1. The van der Waals surface area contributed by atoms with Crippen molar-refractivity contribution in [1.82, 2.24) is 34.5 Å². The average molecular weight is 436 g/mol. The summed E-state index contributed by atoms with van der Waals surface area (Å²) >= 11 is 0. The van der Waals surface area contributed by atoms with Crippen molar-refractivity contribution in [3.63, 3.8) is 0 Å². The summed E-state index contributed by atoms with van der Waals surface area (Å²) in [5.41, 5.74) is 0.589. The van der Waals surface area contributed by atoms with Crippen molar-refractivity contribution in [3.05, 3.63) is 30.9 Å². The Morgan fingerprint density at radius 1 is 1.34 bits per heavy atom. The van der Waals surface area contributed by atoms with Crippen molar-refractivity contribution in [2.45, 2.75) is 31.6 Å². The molecular weight excluding hydrogens is 416 g/mol. The van der Waals surface area contributed by atoms with E-state index in [9.17, 15) is 15.0 Å². The van der Waals surface area contributed by atoms with E-state index in [1.165, 1.54) is 11.6 Å². The molecule has 3 N–H and O–H groups in total. The first-order valence-corrected chi connectivity index (χ1v) is 10.2. The third kappa shape index (κ3) is 2.38. The van der Waals surface area contributed by atoms with Gasteiger partial charge in [0, 0.05) is 7.05 Å². The fourth-order valence-corrected chi connectivity index (χ4v) is 5.07. The largest absolute Gasteiger partial charge is 0.463 e. The summed E-state index contributed by atoms with van der Waals surface area (Å²) in [6.07, 6.45) is 3.06. The number of rotatable bonds is 5. The lowest BCUT2D eigenvalue weighted by molar-refractivity contribution is -0.128. The molecule has 4 aromatic heterocycles. The Hall–Kier alpha value is -3.64. The second kappa shape index (κ2) is 6.43. The number of furan rings is 1. The van der Waals surface area contributed by atoms with E-state index in [-0.39, 0.29) is 17.6 Å². The number of hydrogen-bond acceptors (Lipinski definition) is 10. The van der Waals surface area contributed by atoms with Gasteiger partial charge in [-0.15, -0.1) is 5.10 Å². The molecule has 12 nitrogen and oxygen atoms in total. The van der Waals surface area contributed by atoms with Gasteiger partial charge in [-0.05, 0) is 31.4 Å². The van der Waals surface area contributed by atoms with Crippen molar-refractivity contribution >= 4 is 22.8 Å². The number of anilines is 1. The van der Waals surface area contributed by atoms with Crippen LogP contribution in [-0.4, -0.2) is 69.8 Å². The second-order valence-electron chi connectivity index (χ2n) is 8.31. The van der Waals surface area contributed by atoms with Crippen LogP contribution >= 0.6 is 0 Å². The summed E-state index contributed by atoms with van der Waals surface area (Å²) < 4.78 is 8.51. The molecule has 2 aliphatic rings. The third-order valence-electron chi connectivity index (χ3n) is 6.77. The Morgan fingerprint density at radius 2 is 2.19 bits per heavy atom. The SMILES string of the molecule is CNc1nc(-n2cc(-c3ccco3)nn2)nc2c1ncn2[C@H]1C(O)C(O)[C@]2(C(C)=O)CC12. The minimum absolute atomic E-state index is 0.111. The molecule has 0 aliphatic heterocycles. The molecule has 164 valence electrons. The normalized spacial score (nSPS) is 28.8. The van der Waals surface area contributed by atoms with Crippen LogP contribution in [0.25, 0.3) is 28.6 Å². The molecule has 0 aromatic carbocycles. The Bertz CT molecular complexity index is 1350. The van der Waals surface area contributed by atoms with Crippen molar-refractivity contribution in [3.8, 4) is 17.4 Å². The van der Waals surface area contributed by atoms with E-state index >= 15 is 0 Å². The highest BCUT2D eigenvalue weighted by atomic mass is 16.3. The molecule has 32 heavy (non-hydrogen) atoms. The Balaban J connectivity index is 1.46. The zero-order chi connectivity index (χ0) is 22.2. The molecule has 5 atom stereocenters. The number of hydrogen-bond donors (Lipinski definition) is 3. The minimum Gasteiger partial charge on any atom is -0.463 e. The summed E-state index contributed by atoms with van der Waals surface area (Å²) in [4.78, 5) is 25.8. The molecule has 6 rings (SSSR count). The van der Waals surface area contributed by atoms with Crippen molar-refractivity contribution in [1.29, 1.82) is 0 Å². The fourth-order valence-electron chi connectivity index (χ4n) is 5.07. The highest BCUT2D eigenvalue weighted by Gasteiger charge is 2.74. The number of aliphatic hydroxyl groups excluding tert-OH is 2. The summed E-state index contributed by atoms with van der Waals surface area (Å²) in [5.74, 6) is 0.987. The first kappa shape index (κ1) is 19.1. The maximum absolute atomic E-state index is 12.2. The highest BCUT2D eigenvalue weighted by molar-refractivity contribution is 5.88. The number of aromatic nitrogens is 7. The summed E-state index contributed by atoms with van der Waals surface area (Å²) in [5, 5.41) is 32.6. The van der Waals surface area contributed by atoms with E-state index in [0.717, 1.165) is 0 Å². The number of fused-ring (bicyclic) bond motifs is 2. The zero-order valence-electron chi connectivity index (χ0n) is 17.2. The number of nitrogens with one attached hydrogen (secondary N) is 1. The first-order valence-electron chi connectivity index (χ1n) is 10.2. The molecule has 0 bridgehead atoms. The molecular formula is C20H20N8O4. The van der Waals surface area contributed by atoms with E-state index in [1.807, 2.05) is 0 Å². The lowest BCUT2D eigenvalue weighted by Gasteiger charge is -2.23. The van der Waals surface area contributed by atoms with E-state index in [1.54, 1.807) is 42.5 Å². The fraction of sp³-hybridized carbons (Fsp3) is 0.400. The van der Waals surface area contributed by atoms with Crippen LogP contribution in [0.5, 0.6) is 0 Å². The van der Waals surface area contributed by atoms with E-state index in [2.05, 4.69) is 30.6 Å². The molecule has 0 spiro atoms. The quantitative estimate of drug-likeness (QED) is 0.404. The lowest BCUT2D eigenvalue weighted by atomic mass is 9.95. The zero-order valence-corrected chi connectivity index (χ0v) is 17.2. The maximum atomic E-state index is 12.2. The number of carbonyl (C=O) groups excluding carboxylic acids is 1. The van der Waals surface area contributed by atoms with Gasteiger partial charge in [0.1, 0.15) is 17.6 Å². The molecule has 2 fully saturated rings. The van der Waals surface area contributed by atoms with Gasteiger partial charge in [-0.2, -0.15) is 14.6 Å². The molecule has 0 saturated heterocycles. The molecule has 0 amide bonds. The van der Waals surface area contributed by atoms with Crippen LogP contribution in [0.4, 0.5) is 5.82 Å². The summed E-state index contributed by atoms with van der Waals surface area (Å²) in [6, 6.07) is 3.01. The van der Waals surface area contributed by atoms with Crippen LogP contribution in [0.1, 0.15) is 19.4 Å². The van der Waals surface area contributed by atoms with E-state index in [0.29, 0.717) is 34.9 Å².